The number of nitrogens with one attached hydrogen (secondary N) is 1. The Bertz CT molecular complexity index is 1430. The molecule has 2 N–H and O–H groups in total. The largest absolute Gasteiger partial charge is 0.504 e. The summed E-state index contributed by atoms with van der Waals surface area (Å²) in [6, 6.07) is 5.31. The van der Waals surface area contributed by atoms with Crippen molar-refractivity contribution in [2.45, 2.75) is 132 Å². The summed E-state index contributed by atoms with van der Waals surface area (Å²) in [7, 11) is 1.55. The van der Waals surface area contributed by atoms with Crippen LogP contribution >= 0.6 is 0 Å². The van der Waals surface area contributed by atoms with E-state index in [1.807, 2.05) is 12.1 Å². The number of phenolic OH excluding ortho intramolecular Hbond substituents is 1. The first-order chi connectivity index (χ1) is 21.4. The Hall–Kier alpha value is -2.50. The Kier molecular flexibility index (Phi) is 8.00. The van der Waals surface area contributed by atoms with E-state index in [1.54, 1.807) is 25.7 Å². The highest BCUT2D eigenvalue weighted by atomic mass is 16.5. The van der Waals surface area contributed by atoms with Crippen molar-refractivity contribution in [2.75, 3.05) is 7.11 Å². The molecule has 0 aliphatic heterocycles. The van der Waals surface area contributed by atoms with Crippen LogP contribution < -0.4 is 10.1 Å². The molecule has 1 amide bonds. The number of carbonyl (C=O) groups is 2. The second-order valence-corrected chi connectivity index (χ2v) is 18.0. The van der Waals surface area contributed by atoms with Crippen molar-refractivity contribution in [3.63, 3.8) is 0 Å². The maximum absolute atomic E-state index is 14.5. The molecule has 1 aromatic rings. The Balaban J connectivity index is 1.32. The number of amides is 1. The summed E-state index contributed by atoms with van der Waals surface area (Å²) in [4.78, 5) is 26.5. The van der Waals surface area contributed by atoms with Gasteiger partial charge < -0.3 is 19.9 Å². The molecule has 0 radical (unpaired) electrons. The van der Waals surface area contributed by atoms with Gasteiger partial charge in [0, 0.05) is 18.9 Å². The normalized spacial score (nSPS) is 40.6. The minimum atomic E-state index is -0.393. The van der Waals surface area contributed by atoms with E-state index in [0.29, 0.717) is 24.1 Å². The molecule has 1 aromatic carbocycles. The van der Waals surface area contributed by atoms with Crippen molar-refractivity contribution in [3.8, 4) is 11.5 Å². The number of ether oxygens (including phenoxy) is 2. The lowest BCUT2D eigenvalue weighted by Crippen LogP contribution is -2.65. The first-order valence-corrected chi connectivity index (χ1v) is 18.0. The molecule has 0 bridgehead atoms. The molecule has 0 saturated heterocycles. The van der Waals surface area contributed by atoms with Crippen LogP contribution in [0.4, 0.5) is 0 Å². The van der Waals surface area contributed by atoms with E-state index in [-0.39, 0.29) is 56.7 Å². The number of hydrogen-bond donors (Lipinski definition) is 2. The highest BCUT2D eigenvalue weighted by Crippen LogP contribution is 2.75. The Labute approximate surface area is 277 Å². The number of fused-ring (bicyclic) bond motifs is 7. The molecule has 4 fully saturated rings. The Morgan fingerprint density at radius 2 is 1.65 bits per heavy atom. The van der Waals surface area contributed by atoms with E-state index in [9.17, 15) is 14.7 Å². The van der Waals surface area contributed by atoms with Crippen LogP contribution in [0.2, 0.25) is 0 Å². The zero-order chi connectivity index (χ0) is 33.5. The van der Waals surface area contributed by atoms with Crippen LogP contribution in [0.25, 0.3) is 0 Å². The summed E-state index contributed by atoms with van der Waals surface area (Å²) in [5, 5.41) is 13.4. The lowest BCUT2D eigenvalue weighted by molar-refractivity contribution is -0.212. The summed E-state index contributed by atoms with van der Waals surface area (Å²) >= 11 is 0. The maximum atomic E-state index is 14.5. The van der Waals surface area contributed by atoms with E-state index >= 15 is 0 Å². The molecule has 46 heavy (non-hydrogen) atoms. The van der Waals surface area contributed by atoms with Crippen molar-refractivity contribution in [1.82, 2.24) is 5.32 Å². The second-order valence-electron chi connectivity index (χ2n) is 18.0. The molecule has 4 unspecified atom stereocenters. The third kappa shape index (κ3) is 4.85. The quantitative estimate of drug-likeness (QED) is 0.250. The standard InChI is InChI=1S/C40H59NO5/c1-25(42)46-33-15-16-37(6)31(36(33,4)5)14-17-39(8)32(37)13-11-27-28-23-35(2,3)18-20-40(28,21-19-38(27,39)7)34(44)41-24-26-10-12-29(43)30(22-26)45-9/h10-12,22,28,31-33,43H,13-21,23-24H2,1-9H3,(H,41,44)/t28?,31?,32?,33-,37-,38+,39+,40?/m0/s1. The summed E-state index contributed by atoms with van der Waals surface area (Å²) in [5.41, 5.74) is 2.62. The van der Waals surface area contributed by atoms with Crippen LogP contribution in [0.1, 0.15) is 125 Å². The van der Waals surface area contributed by atoms with E-state index in [4.69, 9.17) is 9.47 Å². The smallest absolute Gasteiger partial charge is 0.302 e. The Morgan fingerprint density at radius 1 is 0.935 bits per heavy atom. The highest BCUT2D eigenvalue weighted by molar-refractivity contribution is 5.84. The highest BCUT2D eigenvalue weighted by Gasteiger charge is 2.69. The average Bonchev–Trinajstić information content (AvgIpc) is 2.98. The van der Waals surface area contributed by atoms with Gasteiger partial charge in [-0.25, -0.2) is 0 Å². The van der Waals surface area contributed by atoms with Crippen molar-refractivity contribution < 1.29 is 24.2 Å². The molecule has 6 nitrogen and oxygen atoms in total. The number of aromatic hydroxyl groups is 1. The maximum Gasteiger partial charge on any atom is 0.302 e. The second kappa shape index (κ2) is 11.0. The fourth-order valence-corrected chi connectivity index (χ4v) is 12.2. The Morgan fingerprint density at radius 3 is 2.35 bits per heavy atom. The number of benzene rings is 1. The van der Waals surface area contributed by atoms with Crippen molar-refractivity contribution in [2.24, 2.45) is 50.2 Å². The fourth-order valence-electron chi connectivity index (χ4n) is 12.2. The molecule has 4 saturated carbocycles. The van der Waals surface area contributed by atoms with E-state index in [2.05, 4.69) is 59.9 Å². The van der Waals surface area contributed by atoms with Gasteiger partial charge in [0.1, 0.15) is 6.10 Å². The molecule has 6 heteroatoms. The molecular formula is C40H59NO5. The molecule has 6 rings (SSSR count). The lowest BCUT2D eigenvalue weighted by Gasteiger charge is -2.71. The fraction of sp³-hybridized carbons (Fsp3) is 0.750. The minimum absolute atomic E-state index is 0.0151. The third-order valence-corrected chi connectivity index (χ3v) is 15.0. The molecule has 0 aromatic heterocycles. The molecule has 5 aliphatic rings. The number of esters is 1. The zero-order valence-electron chi connectivity index (χ0n) is 30.0. The predicted octanol–water partition coefficient (Wildman–Crippen LogP) is 8.75. The van der Waals surface area contributed by atoms with Crippen LogP contribution in [0, 0.1) is 50.2 Å². The molecule has 0 spiro atoms. The number of carbonyl (C=O) groups excluding carboxylic acids is 2. The van der Waals surface area contributed by atoms with Gasteiger partial charge in [0.15, 0.2) is 11.5 Å². The van der Waals surface area contributed by atoms with Gasteiger partial charge in [0.2, 0.25) is 5.91 Å². The van der Waals surface area contributed by atoms with Crippen LogP contribution in [-0.4, -0.2) is 30.2 Å². The summed E-state index contributed by atoms with van der Waals surface area (Å²) < 4.78 is 11.3. The van der Waals surface area contributed by atoms with Crippen LogP contribution in [-0.2, 0) is 20.9 Å². The van der Waals surface area contributed by atoms with Gasteiger partial charge in [-0.1, -0.05) is 66.2 Å². The average molecular weight is 634 g/mol. The first-order valence-electron chi connectivity index (χ1n) is 18.0. The van der Waals surface area contributed by atoms with E-state index in [1.165, 1.54) is 6.42 Å². The van der Waals surface area contributed by atoms with Crippen molar-refractivity contribution >= 4 is 11.9 Å². The van der Waals surface area contributed by atoms with Gasteiger partial charge in [-0.05, 0) is 121 Å². The molecule has 5 aliphatic carbocycles. The van der Waals surface area contributed by atoms with Gasteiger partial charge in [0.05, 0.1) is 12.5 Å². The van der Waals surface area contributed by atoms with Gasteiger partial charge in [-0.3, -0.25) is 9.59 Å². The number of phenols is 1. The number of hydrogen-bond acceptors (Lipinski definition) is 5. The molecule has 0 heterocycles. The van der Waals surface area contributed by atoms with Gasteiger partial charge in [0.25, 0.3) is 0 Å². The molecular weight excluding hydrogens is 574 g/mol. The van der Waals surface area contributed by atoms with Gasteiger partial charge in [-0.15, -0.1) is 0 Å². The van der Waals surface area contributed by atoms with Gasteiger partial charge in [-0.2, -0.15) is 0 Å². The first kappa shape index (κ1) is 33.4. The van der Waals surface area contributed by atoms with Gasteiger partial charge >= 0.3 is 5.97 Å². The number of methoxy groups -OCH3 is 1. The number of rotatable bonds is 5. The zero-order valence-corrected chi connectivity index (χ0v) is 30.0. The van der Waals surface area contributed by atoms with E-state index in [0.717, 1.165) is 63.4 Å². The monoisotopic (exact) mass is 633 g/mol. The predicted molar refractivity (Wildman–Crippen MR) is 181 cm³/mol. The van der Waals surface area contributed by atoms with Crippen molar-refractivity contribution in [3.05, 3.63) is 35.4 Å². The molecule has 8 atom stereocenters. The SMILES string of the molecule is COc1cc(CNC(=O)C23CCC(C)(C)CC2C2=CCC4[C@@]5(C)CC[C@H](OC(C)=O)C(C)(C)C5CC[C@@]4(C)[C@]2(C)CC3)ccc1O. The lowest BCUT2D eigenvalue weighted by atomic mass is 9.33. The van der Waals surface area contributed by atoms with Crippen LogP contribution in [0.5, 0.6) is 11.5 Å². The van der Waals surface area contributed by atoms with Crippen LogP contribution in [0.3, 0.4) is 0 Å². The summed E-state index contributed by atoms with van der Waals surface area (Å²) in [6.45, 7) is 19.2. The topological polar surface area (TPSA) is 84.9 Å². The third-order valence-electron chi connectivity index (χ3n) is 15.0. The summed E-state index contributed by atoms with van der Waals surface area (Å²) in [6.07, 6.45) is 13.1. The number of allylic oxidation sites excluding steroid dienone is 2. The van der Waals surface area contributed by atoms with Crippen LogP contribution in [0.15, 0.2) is 29.8 Å². The molecule has 254 valence electrons. The summed E-state index contributed by atoms with van der Waals surface area (Å²) in [5.74, 6) is 1.88. The van der Waals surface area contributed by atoms with Crippen molar-refractivity contribution in [1.29, 1.82) is 0 Å². The van der Waals surface area contributed by atoms with E-state index < -0.39 is 5.41 Å². The minimum Gasteiger partial charge on any atom is -0.504 e.